The van der Waals surface area contributed by atoms with E-state index in [0.717, 1.165) is 96.6 Å². The summed E-state index contributed by atoms with van der Waals surface area (Å²) >= 11 is 0. The van der Waals surface area contributed by atoms with E-state index in [4.69, 9.17) is 9.47 Å². The van der Waals surface area contributed by atoms with Crippen LogP contribution in [-0.2, 0) is 51.3 Å². The Morgan fingerprint density at radius 3 is 1.34 bits per heavy atom. The molecule has 65 heavy (non-hydrogen) atoms. The van der Waals surface area contributed by atoms with Gasteiger partial charge in [0.25, 0.3) is 5.91 Å². The zero-order chi connectivity index (χ0) is 46.7. The highest BCUT2D eigenvalue weighted by atomic mass is 16.6. The van der Waals surface area contributed by atoms with Gasteiger partial charge in [-0.15, -0.1) is 0 Å². The van der Waals surface area contributed by atoms with E-state index < -0.39 is 23.4 Å². The zero-order valence-electron chi connectivity index (χ0n) is 39.4. The van der Waals surface area contributed by atoms with Gasteiger partial charge < -0.3 is 14.0 Å². The van der Waals surface area contributed by atoms with Crippen LogP contribution in [0.25, 0.3) is 0 Å². The molecule has 0 unspecified atom stereocenters. The van der Waals surface area contributed by atoms with E-state index in [9.17, 15) is 19.2 Å². The van der Waals surface area contributed by atoms with Gasteiger partial charge in [0.05, 0.1) is 29.3 Å². The van der Waals surface area contributed by atoms with Gasteiger partial charge in [0, 0.05) is 23.8 Å². The van der Waals surface area contributed by atoms with Gasteiger partial charge in [0.15, 0.2) is 0 Å². The molecule has 0 atom stereocenters. The lowest BCUT2D eigenvalue weighted by Crippen LogP contribution is -2.40. The number of hydrogen-bond donors (Lipinski definition) is 2. The molecule has 0 aliphatic carbocycles. The first-order valence-corrected chi connectivity index (χ1v) is 23.0. The molecule has 4 aromatic carbocycles. The summed E-state index contributed by atoms with van der Waals surface area (Å²) in [5.74, 6) is 0.0261. The van der Waals surface area contributed by atoms with E-state index in [-0.39, 0.29) is 18.4 Å². The van der Waals surface area contributed by atoms with Crippen molar-refractivity contribution in [3.8, 4) is 0 Å². The number of carbonyl (C=O) groups is 4. The summed E-state index contributed by atoms with van der Waals surface area (Å²) in [4.78, 5) is 57.6. The molecule has 0 radical (unpaired) electrons. The molecule has 0 bridgehead atoms. The Hall–Kier alpha value is -6.40. The van der Waals surface area contributed by atoms with Gasteiger partial charge in [0.2, 0.25) is 5.91 Å². The van der Waals surface area contributed by atoms with Gasteiger partial charge in [0.1, 0.15) is 17.7 Å². The van der Waals surface area contributed by atoms with Crippen LogP contribution in [0, 0.1) is 0 Å². The molecule has 2 N–H and O–H groups in total. The molecule has 3 aliphatic rings. The average molecular weight is 883 g/mol. The maximum atomic E-state index is 13.6. The number of ether oxygens (including phenoxy) is 2. The lowest BCUT2D eigenvalue weighted by molar-refractivity contribution is -0.119. The maximum Gasteiger partial charge on any atom is 0.412 e. The van der Waals surface area contributed by atoms with Crippen LogP contribution in [-0.4, -0.2) is 64.3 Å². The topological polar surface area (TPSA) is 125 Å². The summed E-state index contributed by atoms with van der Waals surface area (Å²) in [6, 6.07) is 31.4. The number of para-hydroxylation sites is 2. The largest absolute Gasteiger partial charge is 0.444 e. The van der Waals surface area contributed by atoms with Crippen molar-refractivity contribution in [2.24, 2.45) is 0 Å². The van der Waals surface area contributed by atoms with Crippen molar-refractivity contribution in [3.05, 3.63) is 132 Å². The Kier molecular flexibility index (Phi) is 15.9. The van der Waals surface area contributed by atoms with E-state index in [1.807, 2.05) is 162 Å². The lowest BCUT2D eigenvalue weighted by atomic mass is 10.0. The number of likely N-dealkylation sites (tertiary alicyclic amines) is 1. The van der Waals surface area contributed by atoms with Gasteiger partial charge in [-0.05, 0) is 164 Å². The SMILES string of the molecule is CC.CC(C)(C)OC(=O)Nc1ccc2c(c1)N(C(=O)CN1CCCCC1)c1ccccc1CC2.CC(C)(C)OC(=O)Nc1ccc2c(c1)N(C(=O)Cn1cccc1)c1ccccc1CC2. The quantitative estimate of drug-likeness (QED) is 0.174. The molecule has 12 nitrogen and oxygen atoms in total. The molecule has 0 spiro atoms. The standard InChI is InChI=1S/C26H33N3O3.C25H27N3O3.C2H6/c1-26(2,3)32-25(31)27-21-14-13-20-12-11-19-9-5-6-10-22(19)29(23(20)17-21)24(30)18-28-15-7-4-8-16-28;1-25(2,3)31-24(30)26-20-13-12-19-11-10-18-8-4-5-9-21(18)28(22(19)16-20)23(29)17-27-14-6-7-15-27;1-2/h5-6,9-10,13-14,17H,4,7-8,11-12,15-16,18H2,1-3H3,(H,27,31);4-9,12-16H,10-11,17H2,1-3H3,(H,26,30);1-2H3. The number of benzene rings is 4. The second-order valence-electron chi connectivity index (χ2n) is 18.3. The fourth-order valence-electron chi connectivity index (χ4n) is 8.26. The summed E-state index contributed by atoms with van der Waals surface area (Å²) in [6.45, 7) is 17.5. The number of carbonyl (C=O) groups excluding carboxylic acids is 4. The van der Waals surface area contributed by atoms with E-state index in [1.165, 1.54) is 6.42 Å². The Morgan fingerprint density at radius 1 is 0.508 bits per heavy atom. The summed E-state index contributed by atoms with van der Waals surface area (Å²) in [6.07, 6.45) is 9.62. The minimum absolute atomic E-state index is 0.0405. The molecule has 1 fully saturated rings. The van der Waals surface area contributed by atoms with Crippen LogP contribution in [0.3, 0.4) is 0 Å². The van der Waals surface area contributed by atoms with Crippen LogP contribution < -0.4 is 20.4 Å². The number of nitrogens with zero attached hydrogens (tertiary/aromatic N) is 4. The van der Waals surface area contributed by atoms with E-state index in [2.05, 4.69) is 27.7 Å². The van der Waals surface area contributed by atoms with Crippen molar-refractivity contribution < 1.29 is 28.7 Å². The number of amides is 4. The number of piperidine rings is 1. The number of fused-ring (bicyclic) bond motifs is 4. The Labute approximate surface area is 384 Å². The Morgan fingerprint density at radius 2 is 0.908 bits per heavy atom. The highest BCUT2D eigenvalue weighted by Crippen LogP contribution is 2.39. The molecule has 4 heterocycles. The summed E-state index contributed by atoms with van der Waals surface area (Å²) in [5.41, 5.74) is 7.93. The predicted octanol–water partition coefficient (Wildman–Crippen LogP) is 11.6. The molecule has 1 aromatic heterocycles. The lowest BCUT2D eigenvalue weighted by Gasteiger charge is -2.31. The molecule has 5 aromatic rings. The van der Waals surface area contributed by atoms with E-state index in [1.54, 1.807) is 4.90 Å². The molecule has 8 rings (SSSR count). The molecule has 12 heteroatoms. The molecular formula is C53H66N6O6. The van der Waals surface area contributed by atoms with Gasteiger partial charge in [-0.2, -0.15) is 0 Å². The minimum atomic E-state index is -0.590. The third-order valence-electron chi connectivity index (χ3n) is 11.0. The molecule has 0 saturated carbocycles. The minimum Gasteiger partial charge on any atom is -0.444 e. The first kappa shape index (κ1) is 48.1. The van der Waals surface area contributed by atoms with Crippen LogP contribution in [0.4, 0.5) is 43.7 Å². The van der Waals surface area contributed by atoms with Gasteiger partial charge in [-0.1, -0.05) is 68.8 Å². The zero-order valence-corrected chi connectivity index (χ0v) is 39.4. The van der Waals surface area contributed by atoms with E-state index in [0.29, 0.717) is 17.9 Å². The fraction of sp³-hybridized carbons (Fsp3) is 0.396. The number of anilines is 6. The first-order valence-electron chi connectivity index (χ1n) is 23.0. The molecule has 4 amide bonds. The molecule has 1 saturated heterocycles. The van der Waals surface area contributed by atoms with Crippen molar-refractivity contribution in [1.82, 2.24) is 9.47 Å². The van der Waals surface area contributed by atoms with Crippen LogP contribution in [0.15, 0.2) is 109 Å². The highest BCUT2D eigenvalue weighted by Gasteiger charge is 2.29. The highest BCUT2D eigenvalue weighted by molar-refractivity contribution is 6.05. The van der Waals surface area contributed by atoms with Gasteiger partial charge >= 0.3 is 12.2 Å². The Balaban J connectivity index is 0.000000208. The van der Waals surface area contributed by atoms with Crippen LogP contribution in [0.2, 0.25) is 0 Å². The van der Waals surface area contributed by atoms with Crippen LogP contribution in [0.5, 0.6) is 0 Å². The summed E-state index contributed by atoms with van der Waals surface area (Å²) in [7, 11) is 0. The third-order valence-corrected chi connectivity index (χ3v) is 11.0. The summed E-state index contributed by atoms with van der Waals surface area (Å²) < 4.78 is 12.6. The first-order chi connectivity index (χ1) is 31.1. The number of hydrogen-bond acceptors (Lipinski definition) is 7. The van der Waals surface area contributed by atoms with Crippen molar-refractivity contribution in [3.63, 3.8) is 0 Å². The number of aryl methyl sites for hydroxylation is 4. The third kappa shape index (κ3) is 13.1. The molecular weight excluding hydrogens is 817 g/mol. The molecule has 3 aliphatic heterocycles. The van der Waals surface area contributed by atoms with E-state index >= 15 is 0 Å². The van der Waals surface area contributed by atoms with Gasteiger partial charge in [-0.3, -0.25) is 34.9 Å². The maximum absolute atomic E-state index is 13.6. The van der Waals surface area contributed by atoms with Crippen molar-refractivity contribution in [2.75, 3.05) is 40.1 Å². The van der Waals surface area contributed by atoms with Crippen molar-refractivity contribution in [2.45, 2.75) is 118 Å². The van der Waals surface area contributed by atoms with Crippen molar-refractivity contribution in [1.29, 1.82) is 0 Å². The fourth-order valence-corrected chi connectivity index (χ4v) is 8.26. The number of aromatic nitrogens is 1. The number of rotatable bonds is 6. The number of nitrogens with one attached hydrogen (secondary N) is 2. The smallest absolute Gasteiger partial charge is 0.412 e. The predicted molar refractivity (Wildman–Crippen MR) is 261 cm³/mol. The average Bonchev–Trinajstić information content (AvgIpc) is 3.63. The normalized spacial score (nSPS) is 14.5. The monoisotopic (exact) mass is 883 g/mol. The van der Waals surface area contributed by atoms with Crippen molar-refractivity contribution >= 4 is 58.1 Å². The van der Waals surface area contributed by atoms with Crippen LogP contribution in [0.1, 0.15) is 96.9 Å². The van der Waals surface area contributed by atoms with Gasteiger partial charge in [-0.25, -0.2) is 9.59 Å². The second kappa shape index (κ2) is 21.5. The molecule has 344 valence electrons. The second-order valence-corrected chi connectivity index (χ2v) is 18.3. The summed E-state index contributed by atoms with van der Waals surface area (Å²) in [5, 5.41) is 5.62. The Bertz CT molecular complexity index is 2430. The van der Waals surface area contributed by atoms with Crippen LogP contribution >= 0.6 is 0 Å².